The first-order valence-corrected chi connectivity index (χ1v) is 7.54. The van der Waals surface area contributed by atoms with Crippen LogP contribution in [0, 0.1) is 5.92 Å². The lowest BCUT2D eigenvalue weighted by molar-refractivity contribution is -0.122. The average molecular weight is 275 g/mol. The fourth-order valence-electron chi connectivity index (χ4n) is 2.74. The van der Waals surface area contributed by atoms with Crippen molar-refractivity contribution in [1.29, 1.82) is 0 Å². The molecule has 1 saturated heterocycles. The van der Waals surface area contributed by atoms with Crippen molar-refractivity contribution in [3.05, 3.63) is 35.9 Å². The topological polar surface area (TPSA) is 40.5 Å². The lowest BCUT2D eigenvalue weighted by Crippen LogP contribution is -2.43. The highest BCUT2D eigenvalue weighted by Crippen LogP contribution is 2.32. The molecule has 3 heteroatoms. The second kappa shape index (κ2) is 6.51. The summed E-state index contributed by atoms with van der Waals surface area (Å²) in [5.41, 5.74) is 0.317. The molecule has 1 heterocycles. The number of ketones is 1. The van der Waals surface area contributed by atoms with E-state index in [0.717, 1.165) is 38.0 Å². The van der Waals surface area contributed by atoms with Gasteiger partial charge in [0, 0.05) is 32.0 Å². The van der Waals surface area contributed by atoms with E-state index in [1.165, 1.54) is 0 Å². The monoisotopic (exact) mass is 275 g/mol. The zero-order valence-electron chi connectivity index (χ0n) is 12.5. The Morgan fingerprint density at radius 3 is 2.40 bits per heavy atom. The molecule has 1 aromatic carbocycles. The molecule has 0 unspecified atom stereocenters. The van der Waals surface area contributed by atoms with Gasteiger partial charge >= 0.3 is 0 Å². The normalized spacial score (nSPS) is 19.2. The van der Waals surface area contributed by atoms with Crippen LogP contribution in [-0.2, 0) is 10.4 Å². The van der Waals surface area contributed by atoms with E-state index in [-0.39, 0.29) is 5.92 Å². The van der Waals surface area contributed by atoms with Crippen LogP contribution in [-0.4, -0.2) is 35.4 Å². The number of benzene rings is 1. The molecule has 0 bridgehead atoms. The first-order valence-electron chi connectivity index (χ1n) is 7.54. The molecule has 0 atom stereocenters. The summed E-state index contributed by atoms with van der Waals surface area (Å²) >= 11 is 0. The van der Waals surface area contributed by atoms with Crippen LogP contribution in [0.25, 0.3) is 0 Å². The van der Waals surface area contributed by atoms with E-state index >= 15 is 0 Å². The quantitative estimate of drug-likeness (QED) is 0.898. The van der Waals surface area contributed by atoms with Crippen LogP contribution in [0.4, 0.5) is 0 Å². The molecular formula is C17H25NO2. The summed E-state index contributed by atoms with van der Waals surface area (Å²) in [5.74, 6) is 0.454. The molecule has 110 valence electrons. The predicted octanol–water partition coefficient (Wildman–Crippen LogP) is 2.59. The van der Waals surface area contributed by atoms with Gasteiger partial charge < -0.3 is 10.0 Å². The van der Waals surface area contributed by atoms with E-state index in [1.807, 2.05) is 44.2 Å². The molecule has 1 aliphatic rings. The summed E-state index contributed by atoms with van der Waals surface area (Å²) in [5, 5.41) is 10.7. The maximum Gasteiger partial charge on any atom is 0.136 e. The lowest BCUT2D eigenvalue weighted by atomic mass is 9.84. The molecular weight excluding hydrogens is 250 g/mol. The van der Waals surface area contributed by atoms with Crippen LogP contribution in [0.15, 0.2) is 30.3 Å². The average Bonchev–Trinajstić information content (AvgIpc) is 2.47. The number of Topliss-reactive ketones (excluding diaryl/α,β-unsaturated/α-hetero) is 1. The minimum atomic E-state index is -0.695. The first-order chi connectivity index (χ1) is 9.51. The van der Waals surface area contributed by atoms with Gasteiger partial charge in [0.15, 0.2) is 0 Å². The Kier molecular flexibility index (Phi) is 4.95. The Morgan fingerprint density at radius 1 is 1.25 bits per heavy atom. The van der Waals surface area contributed by atoms with Crippen molar-refractivity contribution in [3.63, 3.8) is 0 Å². The van der Waals surface area contributed by atoms with Crippen molar-refractivity contribution in [2.24, 2.45) is 5.92 Å². The number of aliphatic hydroxyl groups is 1. The van der Waals surface area contributed by atoms with Crippen molar-refractivity contribution in [2.75, 3.05) is 19.6 Å². The van der Waals surface area contributed by atoms with E-state index in [2.05, 4.69) is 4.90 Å². The third kappa shape index (κ3) is 3.68. The van der Waals surface area contributed by atoms with Gasteiger partial charge in [-0.15, -0.1) is 0 Å². The molecule has 3 nitrogen and oxygen atoms in total. The molecule has 2 rings (SSSR count). The van der Waals surface area contributed by atoms with Crippen LogP contribution in [0.1, 0.15) is 38.7 Å². The van der Waals surface area contributed by atoms with Crippen molar-refractivity contribution >= 4 is 5.78 Å². The highest BCUT2D eigenvalue weighted by molar-refractivity contribution is 5.80. The van der Waals surface area contributed by atoms with E-state index in [0.29, 0.717) is 12.2 Å². The molecule has 0 saturated carbocycles. The predicted molar refractivity (Wildman–Crippen MR) is 80.5 cm³/mol. The first kappa shape index (κ1) is 15.2. The van der Waals surface area contributed by atoms with Crippen molar-refractivity contribution < 1.29 is 9.90 Å². The van der Waals surface area contributed by atoms with Crippen molar-refractivity contribution in [2.45, 2.75) is 38.7 Å². The largest absolute Gasteiger partial charge is 0.385 e. The van der Waals surface area contributed by atoms with E-state index in [4.69, 9.17) is 0 Å². The molecule has 1 N–H and O–H groups in total. The maximum absolute atomic E-state index is 11.7. The second-order valence-electron chi connectivity index (χ2n) is 6.11. The SMILES string of the molecule is CC(C)C(=O)CCN1CCC(O)(c2ccccc2)CC1. The molecule has 1 aliphatic heterocycles. The number of carbonyl (C=O) groups is 1. The van der Waals surface area contributed by atoms with Crippen molar-refractivity contribution in [3.8, 4) is 0 Å². The summed E-state index contributed by atoms with van der Waals surface area (Å²) < 4.78 is 0. The zero-order chi connectivity index (χ0) is 14.6. The zero-order valence-corrected chi connectivity index (χ0v) is 12.5. The van der Waals surface area contributed by atoms with Crippen LogP contribution >= 0.6 is 0 Å². The minimum absolute atomic E-state index is 0.126. The minimum Gasteiger partial charge on any atom is -0.385 e. The third-order valence-corrected chi connectivity index (χ3v) is 4.31. The Morgan fingerprint density at radius 2 is 1.85 bits per heavy atom. The molecule has 1 aromatic rings. The number of rotatable bonds is 5. The maximum atomic E-state index is 11.7. The van der Waals surface area contributed by atoms with Gasteiger partial charge in [0.1, 0.15) is 5.78 Å². The summed E-state index contributed by atoms with van der Waals surface area (Å²) in [7, 11) is 0. The highest BCUT2D eigenvalue weighted by Gasteiger charge is 2.33. The van der Waals surface area contributed by atoms with Gasteiger partial charge in [-0.05, 0) is 18.4 Å². The van der Waals surface area contributed by atoms with E-state index in [1.54, 1.807) is 0 Å². The number of hydrogen-bond donors (Lipinski definition) is 1. The number of piperidine rings is 1. The summed E-state index contributed by atoms with van der Waals surface area (Å²) in [6, 6.07) is 9.91. The molecule has 0 radical (unpaired) electrons. The van der Waals surface area contributed by atoms with Gasteiger partial charge in [-0.2, -0.15) is 0 Å². The Balaban J connectivity index is 1.85. The molecule has 20 heavy (non-hydrogen) atoms. The van der Waals surface area contributed by atoms with Gasteiger partial charge in [-0.3, -0.25) is 4.79 Å². The second-order valence-corrected chi connectivity index (χ2v) is 6.11. The Hall–Kier alpha value is -1.19. The van der Waals surface area contributed by atoms with Gasteiger partial charge in [0.25, 0.3) is 0 Å². The summed E-state index contributed by atoms with van der Waals surface area (Å²) in [6.45, 7) is 6.44. The number of nitrogens with zero attached hydrogens (tertiary/aromatic N) is 1. The van der Waals surface area contributed by atoms with Crippen LogP contribution in [0.2, 0.25) is 0 Å². The summed E-state index contributed by atoms with van der Waals surface area (Å²) in [4.78, 5) is 13.9. The lowest BCUT2D eigenvalue weighted by Gasteiger charge is -2.38. The summed E-state index contributed by atoms with van der Waals surface area (Å²) in [6.07, 6.45) is 2.11. The fourth-order valence-corrected chi connectivity index (χ4v) is 2.74. The third-order valence-electron chi connectivity index (χ3n) is 4.31. The Bertz CT molecular complexity index is 434. The Labute approximate surface area is 121 Å². The van der Waals surface area contributed by atoms with E-state index in [9.17, 15) is 9.90 Å². The number of likely N-dealkylation sites (tertiary alicyclic amines) is 1. The molecule has 0 aromatic heterocycles. The molecule has 1 fully saturated rings. The molecule has 0 spiro atoms. The smallest absolute Gasteiger partial charge is 0.136 e. The standard InChI is InChI=1S/C17H25NO2/c1-14(2)16(19)8-11-18-12-9-17(20,10-13-18)15-6-4-3-5-7-15/h3-7,14,20H,8-13H2,1-2H3. The number of hydrogen-bond acceptors (Lipinski definition) is 3. The van der Waals surface area contributed by atoms with Gasteiger partial charge in [-0.1, -0.05) is 44.2 Å². The van der Waals surface area contributed by atoms with Crippen molar-refractivity contribution in [1.82, 2.24) is 4.90 Å². The number of carbonyl (C=O) groups excluding carboxylic acids is 1. The van der Waals surface area contributed by atoms with Gasteiger partial charge in [0.05, 0.1) is 5.60 Å². The van der Waals surface area contributed by atoms with Crippen LogP contribution in [0.3, 0.4) is 0 Å². The van der Waals surface area contributed by atoms with Gasteiger partial charge in [0.2, 0.25) is 0 Å². The van der Waals surface area contributed by atoms with Crippen LogP contribution in [0.5, 0.6) is 0 Å². The van der Waals surface area contributed by atoms with Crippen LogP contribution < -0.4 is 0 Å². The van der Waals surface area contributed by atoms with Gasteiger partial charge in [-0.25, -0.2) is 0 Å². The molecule has 0 aliphatic carbocycles. The fraction of sp³-hybridized carbons (Fsp3) is 0.588. The molecule has 0 amide bonds. The highest BCUT2D eigenvalue weighted by atomic mass is 16.3. The van der Waals surface area contributed by atoms with E-state index < -0.39 is 5.60 Å².